The zero-order valence-corrected chi connectivity index (χ0v) is 13.3. The molecule has 0 unspecified atom stereocenters. The van der Waals surface area contributed by atoms with Crippen molar-refractivity contribution in [3.8, 4) is 11.8 Å². The van der Waals surface area contributed by atoms with Crippen molar-refractivity contribution in [1.82, 2.24) is 10.6 Å². The van der Waals surface area contributed by atoms with Crippen molar-refractivity contribution in [2.75, 3.05) is 14.2 Å². The van der Waals surface area contributed by atoms with E-state index in [4.69, 9.17) is 10.00 Å². The van der Waals surface area contributed by atoms with E-state index in [1.54, 1.807) is 14.2 Å². The maximum Gasteiger partial charge on any atom is 0.191 e. The van der Waals surface area contributed by atoms with Crippen LogP contribution in [-0.2, 0) is 13.1 Å². The number of nitrogens with zero attached hydrogens (tertiary/aromatic N) is 2. The van der Waals surface area contributed by atoms with Gasteiger partial charge in [0.05, 0.1) is 18.7 Å². The second-order valence-electron chi connectivity index (χ2n) is 4.94. The van der Waals surface area contributed by atoms with Gasteiger partial charge < -0.3 is 15.4 Å². The number of ether oxygens (including phenoxy) is 1. The Morgan fingerprint density at radius 1 is 1.09 bits per heavy atom. The van der Waals surface area contributed by atoms with Gasteiger partial charge in [-0.25, -0.2) is 0 Å². The van der Waals surface area contributed by atoms with Gasteiger partial charge in [0.1, 0.15) is 5.75 Å². The summed E-state index contributed by atoms with van der Waals surface area (Å²) in [6.07, 6.45) is 0. The minimum absolute atomic E-state index is 0.642. The first kappa shape index (κ1) is 16.4. The number of nitriles is 1. The van der Waals surface area contributed by atoms with Crippen molar-refractivity contribution < 1.29 is 4.74 Å². The van der Waals surface area contributed by atoms with Crippen LogP contribution in [-0.4, -0.2) is 20.1 Å². The lowest BCUT2D eigenvalue weighted by Gasteiger charge is -2.12. The molecular formula is C18H20N4O. The fourth-order valence-corrected chi connectivity index (χ4v) is 2.07. The first-order chi connectivity index (χ1) is 11.2. The average Bonchev–Trinajstić information content (AvgIpc) is 2.62. The SMILES string of the molecule is CN=C(NCc1ccc(C#N)cc1)NCc1cccc(OC)c1. The molecule has 118 valence electrons. The van der Waals surface area contributed by atoms with Crippen LogP contribution in [0.2, 0.25) is 0 Å². The molecule has 0 aromatic heterocycles. The number of hydrogen-bond acceptors (Lipinski definition) is 3. The summed E-state index contributed by atoms with van der Waals surface area (Å²) in [7, 11) is 3.39. The summed E-state index contributed by atoms with van der Waals surface area (Å²) in [6, 6.07) is 17.5. The highest BCUT2D eigenvalue weighted by molar-refractivity contribution is 5.79. The molecule has 0 saturated heterocycles. The number of rotatable bonds is 5. The van der Waals surface area contributed by atoms with E-state index < -0.39 is 0 Å². The summed E-state index contributed by atoms with van der Waals surface area (Å²) in [4.78, 5) is 4.21. The normalized spacial score (nSPS) is 10.7. The molecule has 2 aromatic rings. The summed E-state index contributed by atoms with van der Waals surface area (Å²) in [5.41, 5.74) is 2.87. The van der Waals surface area contributed by atoms with Gasteiger partial charge in [-0.2, -0.15) is 5.26 Å². The quantitative estimate of drug-likeness (QED) is 0.657. The Morgan fingerprint density at radius 2 is 1.78 bits per heavy atom. The van der Waals surface area contributed by atoms with Crippen LogP contribution >= 0.6 is 0 Å². The van der Waals surface area contributed by atoms with Crippen LogP contribution in [0.3, 0.4) is 0 Å². The topological polar surface area (TPSA) is 69.4 Å². The predicted molar refractivity (Wildman–Crippen MR) is 91.2 cm³/mol. The van der Waals surface area contributed by atoms with Crippen molar-refractivity contribution in [3.05, 3.63) is 65.2 Å². The maximum absolute atomic E-state index is 8.80. The molecule has 0 aliphatic carbocycles. The predicted octanol–water partition coefficient (Wildman–Crippen LogP) is 2.43. The Balaban J connectivity index is 1.86. The molecule has 5 heteroatoms. The van der Waals surface area contributed by atoms with Crippen molar-refractivity contribution in [1.29, 1.82) is 5.26 Å². The molecule has 2 rings (SSSR count). The summed E-state index contributed by atoms with van der Waals surface area (Å²) in [5, 5.41) is 15.3. The second kappa shape index (κ2) is 8.44. The van der Waals surface area contributed by atoms with E-state index in [1.807, 2.05) is 48.5 Å². The van der Waals surface area contributed by atoms with E-state index in [2.05, 4.69) is 21.7 Å². The minimum Gasteiger partial charge on any atom is -0.497 e. The maximum atomic E-state index is 8.80. The van der Waals surface area contributed by atoms with Crippen molar-refractivity contribution in [2.24, 2.45) is 4.99 Å². The van der Waals surface area contributed by atoms with Crippen LogP contribution in [0.5, 0.6) is 5.75 Å². The van der Waals surface area contributed by atoms with Crippen LogP contribution in [0.15, 0.2) is 53.5 Å². The van der Waals surface area contributed by atoms with E-state index >= 15 is 0 Å². The molecule has 2 aromatic carbocycles. The average molecular weight is 308 g/mol. The standard InChI is InChI=1S/C18H20N4O/c1-20-18(21-12-15-8-6-14(11-19)7-9-15)22-13-16-4-3-5-17(10-16)23-2/h3-10H,12-13H2,1-2H3,(H2,20,21,22). The third-order valence-corrected chi connectivity index (χ3v) is 3.36. The van der Waals surface area contributed by atoms with Crippen LogP contribution in [0, 0.1) is 11.3 Å². The highest BCUT2D eigenvalue weighted by atomic mass is 16.5. The van der Waals surface area contributed by atoms with Crippen LogP contribution in [0.4, 0.5) is 0 Å². The van der Waals surface area contributed by atoms with E-state index in [1.165, 1.54) is 0 Å². The summed E-state index contributed by atoms with van der Waals surface area (Å²) >= 11 is 0. The monoisotopic (exact) mass is 308 g/mol. The summed E-state index contributed by atoms with van der Waals surface area (Å²) in [5.74, 6) is 1.56. The molecular weight excluding hydrogens is 288 g/mol. The number of benzene rings is 2. The lowest BCUT2D eigenvalue weighted by atomic mass is 10.1. The van der Waals surface area contributed by atoms with Gasteiger partial charge >= 0.3 is 0 Å². The summed E-state index contributed by atoms with van der Waals surface area (Å²) < 4.78 is 5.22. The van der Waals surface area contributed by atoms with Gasteiger partial charge in [-0.15, -0.1) is 0 Å². The number of nitrogens with one attached hydrogen (secondary N) is 2. The van der Waals surface area contributed by atoms with Gasteiger partial charge in [-0.05, 0) is 35.4 Å². The molecule has 0 aliphatic heterocycles. The third-order valence-electron chi connectivity index (χ3n) is 3.36. The fourth-order valence-electron chi connectivity index (χ4n) is 2.07. The van der Waals surface area contributed by atoms with Crippen LogP contribution in [0.1, 0.15) is 16.7 Å². The van der Waals surface area contributed by atoms with Gasteiger partial charge in [0.25, 0.3) is 0 Å². The highest BCUT2D eigenvalue weighted by Gasteiger charge is 2.00. The van der Waals surface area contributed by atoms with E-state index in [9.17, 15) is 0 Å². The third kappa shape index (κ3) is 5.04. The Morgan fingerprint density at radius 3 is 2.39 bits per heavy atom. The van der Waals surface area contributed by atoms with Crippen molar-refractivity contribution in [2.45, 2.75) is 13.1 Å². The lowest BCUT2D eigenvalue weighted by molar-refractivity contribution is 0.414. The van der Waals surface area contributed by atoms with Gasteiger partial charge in [-0.3, -0.25) is 4.99 Å². The molecule has 0 fully saturated rings. The van der Waals surface area contributed by atoms with E-state index in [-0.39, 0.29) is 0 Å². The Bertz CT molecular complexity index is 702. The van der Waals surface area contributed by atoms with Crippen LogP contribution < -0.4 is 15.4 Å². The van der Waals surface area contributed by atoms with E-state index in [0.29, 0.717) is 18.7 Å². The molecule has 0 radical (unpaired) electrons. The molecule has 0 saturated carbocycles. The van der Waals surface area contributed by atoms with Crippen LogP contribution in [0.25, 0.3) is 0 Å². The molecule has 0 atom stereocenters. The number of methoxy groups -OCH3 is 1. The van der Waals surface area contributed by atoms with Gasteiger partial charge in [0, 0.05) is 20.1 Å². The molecule has 0 bridgehead atoms. The van der Waals surface area contributed by atoms with Gasteiger partial charge in [0.2, 0.25) is 0 Å². The van der Waals surface area contributed by atoms with Gasteiger partial charge in [0.15, 0.2) is 5.96 Å². The molecule has 2 N–H and O–H groups in total. The molecule has 23 heavy (non-hydrogen) atoms. The zero-order chi connectivity index (χ0) is 16.5. The number of hydrogen-bond donors (Lipinski definition) is 2. The zero-order valence-electron chi connectivity index (χ0n) is 13.3. The number of guanidine groups is 1. The van der Waals surface area contributed by atoms with Crippen molar-refractivity contribution in [3.63, 3.8) is 0 Å². The molecule has 0 spiro atoms. The fraction of sp³-hybridized carbons (Fsp3) is 0.222. The summed E-state index contributed by atoms with van der Waals surface area (Å²) in [6.45, 7) is 1.30. The molecule has 5 nitrogen and oxygen atoms in total. The smallest absolute Gasteiger partial charge is 0.191 e. The lowest BCUT2D eigenvalue weighted by Crippen LogP contribution is -2.36. The Labute approximate surface area is 136 Å². The molecule has 0 amide bonds. The first-order valence-corrected chi connectivity index (χ1v) is 7.31. The molecule has 0 aliphatic rings. The highest BCUT2D eigenvalue weighted by Crippen LogP contribution is 2.12. The Hall–Kier alpha value is -3.00. The van der Waals surface area contributed by atoms with Crippen molar-refractivity contribution >= 4 is 5.96 Å². The molecule has 0 heterocycles. The minimum atomic E-state index is 0.642. The largest absolute Gasteiger partial charge is 0.497 e. The second-order valence-corrected chi connectivity index (χ2v) is 4.94. The first-order valence-electron chi connectivity index (χ1n) is 7.31. The number of aliphatic imine (C=N–C) groups is 1. The Kier molecular flexibility index (Phi) is 6.01. The van der Waals surface area contributed by atoms with E-state index in [0.717, 1.165) is 22.8 Å². The van der Waals surface area contributed by atoms with Gasteiger partial charge in [-0.1, -0.05) is 24.3 Å².